The van der Waals surface area contributed by atoms with Gasteiger partial charge in [-0.3, -0.25) is 5.01 Å². The molecule has 1 aromatic carbocycles. The van der Waals surface area contributed by atoms with Gasteiger partial charge in [0.15, 0.2) is 6.10 Å². The van der Waals surface area contributed by atoms with Crippen molar-refractivity contribution < 1.29 is 22.3 Å². The number of aromatic nitrogens is 1. The molecule has 0 fully saturated rings. The number of hydrogen-bond donors (Lipinski definition) is 3. The number of halogens is 4. The number of benzene rings is 1. The van der Waals surface area contributed by atoms with E-state index < -0.39 is 36.1 Å². The third kappa shape index (κ3) is 4.78. The third-order valence-corrected chi connectivity index (χ3v) is 4.96. The minimum Gasteiger partial charge on any atom is -0.452 e. The Labute approximate surface area is 180 Å². The van der Waals surface area contributed by atoms with Crippen LogP contribution in [-0.4, -0.2) is 35.5 Å². The van der Waals surface area contributed by atoms with Crippen molar-refractivity contribution in [1.29, 1.82) is 10.7 Å². The fraction of sp³-hybridized carbons (Fsp3) is 0.300. The van der Waals surface area contributed by atoms with Crippen LogP contribution in [0.4, 0.5) is 23.4 Å². The Balaban J connectivity index is 1.87. The first-order valence-corrected chi connectivity index (χ1v) is 9.28. The lowest BCUT2D eigenvalue weighted by Crippen LogP contribution is -2.46. The van der Waals surface area contributed by atoms with Gasteiger partial charge in [0.05, 0.1) is 23.4 Å². The number of hydrazine groups is 1. The molecule has 1 aromatic heterocycles. The van der Waals surface area contributed by atoms with Crippen LogP contribution in [-0.2, 0) is 10.3 Å². The number of rotatable bonds is 5. The maximum atomic E-state index is 14.6. The zero-order valence-electron chi connectivity index (χ0n) is 16.8. The van der Waals surface area contributed by atoms with E-state index in [-0.39, 0.29) is 29.2 Å². The second-order valence-corrected chi connectivity index (χ2v) is 7.39. The molecule has 168 valence electrons. The highest BCUT2D eigenvalue weighted by molar-refractivity contribution is 6.01. The molecule has 0 amide bonds. The molecule has 2 heterocycles. The second kappa shape index (κ2) is 8.43. The molecule has 0 bridgehead atoms. The van der Waals surface area contributed by atoms with E-state index in [1.807, 2.05) is 6.07 Å². The highest BCUT2D eigenvalue weighted by atomic mass is 19.4. The van der Waals surface area contributed by atoms with Crippen molar-refractivity contribution in [3.8, 4) is 6.07 Å². The lowest BCUT2D eigenvalue weighted by molar-refractivity contribution is -0.208. The van der Waals surface area contributed by atoms with Crippen molar-refractivity contribution in [2.75, 3.05) is 11.6 Å². The molecule has 0 spiro atoms. The number of aliphatic imine (C=N–C) groups is 1. The van der Waals surface area contributed by atoms with Crippen LogP contribution in [0.3, 0.4) is 0 Å². The lowest BCUT2D eigenvalue weighted by Gasteiger charge is -2.36. The number of pyridine rings is 1. The Bertz CT molecular complexity index is 1090. The van der Waals surface area contributed by atoms with Crippen LogP contribution >= 0.6 is 0 Å². The van der Waals surface area contributed by atoms with Gasteiger partial charge < -0.3 is 15.9 Å². The zero-order chi connectivity index (χ0) is 23.7. The van der Waals surface area contributed by atoms with Crippen molar-refractivity contribution in [3.63, 3.8) is 0 Å². The van der Waals surface area contributed by atoms with Gasteiger partial charge in [0, 0.05) is 18.2 Å². The van der Waals surface area contributed by atoms with Crippen LogP contribution in [0.15, 0.2) is 41.5 Å². The number of nitrogens with one attached hydrogen (secondary N) is 1. The zero-order valence-corrected chi connectivity index (χ0v) is 16.8. The van der Waals surface area contributed by atoms with Crippen LogP contribution in [0, 0.1) is 22.6 Å². The van der Waals surface area contributed by atoms with Gasteiger partial charge in [-0.1, -0.05) is 6.07 Å². The predicted molar refractivity (Wildman–Crippen MR) is 108 cm³/mol. The summed E-state index contributed by atoms with van der Waals surface area (Å²) in [6.45, 7) is 1.18. The number of ether oxygens (including phenoxy) is 1. The van der Waals surface area contributed by atoms with E-state index in [1.54, 1.807) is 0 Å². The van der Waals surface area contributed by atoms with Crippen molar-refractivity contribution in [3.05, 3.63) is 59.0 Å². The maximum Gasteiger partial charge on any atom is 0.425 e. The number of alkyl halides is 3. The maximum absolute atomic E-state index is 14.6. The van der Waals surface area contributed by atoms with Gasteiger partial charge in [0.25, 0.3) is 6.02 Å². The molecule has 0 saturated heterocycles. The highest BCUT2D eigenvalue weighted by Crippen LogP contribution is 2.40. The van der Waals surface area contributed by atoms with Gasteiger partial charge in [0.2, 0.25) is 0 Å². The van der Waals surface area contributed by atoms with Crippen molar-refractivity contribution in [1.82, 2.24) is 4.98 Å². The van der Waals surface area contributed by atoms with Crippen LogP contribution in [0.2, 0.25) is 0 Å². The van der Waals surface area contributed by atoms with Crippen molar-refractivity contribution in [2.45, 2.75) is 31.2 Å². The molecule has 2 aromatic rings. The molecule has 3 rings (SSSR count). The average molecular weight is 449 g/mol. The van der Waals surface area contributed by atoms with Crippen molar-refractivity contribution >= 4 is 17.6 Å². The number of anilines is 1. The van der Waals surface area contributed by atoms with E-state index in [9.17, 15) is 17.6 Å². The standard InChI is InChI=1S/C20H19F4N7O/c1-19(7-16(20(22,23)24)32-18(27)30-19)13-6-12(3-4-14(13)21)15(26)10-31(28)17-5-2-11(8-25)9-29-17/h2-6,9,16,26H,7,10,28H2,1H3,(H2,27,30)/t16-,19-/m0/s1. The van der Waals surface area contributed by atoms with Crippen molar-refractivity contribution in [2.24, 2.45) is 16.6 Å². The molecular formula is C20H19F4N7O. The quantitative estimate of drug-likeness (QED) is 0.278. The first kappa shape index (κ1) is 23.0. The largest absolute Gasteiger partial charge is 0.452 e. The topological polar surface area (TPSA) is 137 Å². The van der Waals surface area contributed by atoms with Gasteiger partial charge in [-0.2, -0.15) is 18.4 Å². The first-order chi connectivity index (χ1) is 14.9. The molecule has 12 heteroatoms. The second-order valence-electron chi connectivity index (χ2n) is 7.39. The van der Waals surface area contributed by atoms with Crippen LogP contribution in [0.25, 0.3) is 0 Å². The molecule has 2 atom stereocenters. The Kier molecular flexibility index (Phi) is 6.05. The molecule has 5 N–H and O–H groups in total. The van der Waals surface area contributed by atoms with Crippen LogP contribution in [0.5, 0.6) is 0 Å². The van der Waals surface area contributed by atoms with Gasteiger partial charge in [-0.05, 0) is 36.8 Å². The molecule has 0 unspecified atom stereocenters. The summed E-state index contributed by atoms with van der Waals surface area (Å²) >= 11 is 0. The Morgan fingerprint density at radius 2 is 2.09 bits per heavy atom. The van der Waals surface area contributed by atoms with E-state index in [0.29, 0.717) is 5.56 Å². The van der Waals surface area contributed by atoms with E-state index >= 15 is 0 Å². The number of nitrogens with zero attached hydrogens (tertiary/aromatic N) is 4. The van der Waals surface area contributed by atoms with Gasteiger partial charge >= 0.3 is 6.18 Å². The van der Waals surface area contributed by atoms with Crippen LogP contribution in [0.1, 0.15) is 30.0 Å². The summed E-state index contributed by atoms with van der Waals surface area (Å²) in [6.07, 6.45) is -6.31. The van der Waals surface area contributed by atoms with E-state index in [1.165, 1.54) is 37.4 Å². The number of nitriles is 1. The highest BCUT2D eigenvalue weighted by Gasteiger charge is 2.50. The predicted octanol–water partition coefficient (Wildman–Crippen LogP) is 2.72. The smallest absolute Gasteiger partial charge is 0.425 e. The normalized spacial score (nSPS) is 20.7. The molecule has 1 aliphatic heterocycles. The molecule has 1 aliphatic rings. The molecule has 8 nitrogen and oxygen atoms in total. The molecule has 32 heavy (non-hydrogen) atoms. The summed E-state index contributed by atoms with van der Waals surface area (Å²) in [5.74, 6) is 5.44. The van der Waals surface area contributed by atoms with E-state index in [4.69, 9.17) is 22.2 Å². The van der Waals surface area contributed by atoms with Gasteiger partial charge in [0.1, 0.15) is 17.7 Å². The summed E-state index contributed by atoms with van der Waals surface area (Å²) in [5, 5.41) is 18.3. The summed E-state index contributed by atoms with van der Waals surface area (Å²) < 4.78 is 58.9. The lowest BCUT2D eigenvalue weighted by atomic mass is 9.84. The monoisotopic (exact) mass is 449 g/mol. The van der Waals surface area contributed by atoms with Crippen LogP contribution < -0.4 is 16.6 Å². The van der Waals surface area contributed by atoms with Gasteiger partial charge in [-0.15, -0.1) is 0 Å². The first-order valence-electron chi connectivity index (χ1n) is 9.28. The third-order valence-electron chi connectivity index (χ3n) is 4.96. The SMILES string of the molecule is C[C@@]1(c2cc(C(=N)CN(N)c3ccc(C#N)cn3)ccc2F)C[C@@H](C(F)(F)F)OC(N)=N1. The summed E-state index contributed by atoms with van der Waals surface area (Å²) in [4.78, 5) is 7.95. The summed E-state index contributed by atoms with van der Waals surface area (Å²) in [7, 11) is 0. The van der Waals surface area contributed by atoms with E-state index in [2.05, 4.69) is 14.7 Å². The summed E-state index contributed by atoms with van der Waals surface area (Å²) in [5.41, 5.74) is 4.17. The summed E-state index contributed by atoms with van der Waals surface area (Å²) in [6, 6.07) is 7.86. The van der Waals surface area contributed by atoms with E-state index in [0.717, 1.165) is 11.1 Å². The molecule has 0 radical (unpaired) electrons. The minimum absolute atomic E-state index is 0.0418. The minimum atomic E-state index is -4.71. The molecular weight excluding hydrogens is 430 g/mol. The number of amidine groups is 1. The fourth-order valence-corrected chi connectivity index (χ4v) is 3.31. The Morgan fingerprint density at radius 3 is 2.69 bits per heavy atom. The molecule has 0 saturated carbocycles. The average Bonchev–Trinajstić information content (AvgIpc) is 2.72. The Morgan fingerprint density at radius 1 is 1.38 bits per heavy atom. The molecule has 0 aliphatic carbocycles. The van der Waals surface area contributed by atoms with Gasteiger partial charge in [-0.25, -0.2) is 20.2 Å². The fourth-order valence-electron chi connectivity index (χ4n) is 3.31. The number of hydrogen-bond acceptors (Lipinski definition) is 8. The Hall–Kier alpha value is -3.72. The number of nitrogens with two attached hydrogens (primary N) is 2.